The molecule has 132 valence electrons. The van der Waals surface area contributed by atoms with Crippen molar-refractivity contribution in [1.29, 1.82) is 0 Å². The number of benzene rings is 3. The molecule has 0 amide bonds. The first-order chi connectivity index (χ1) is 13.1. The minimum atomic E-state index is -0.749. The van der Waals surface area contributed by atoms with Gasteiger partial charge in [-0.05, 0) is 17.5 Å². The first kappa shape index (κ1) is 16.7. The van der Waals surface area contributed by atoms with Crippen LogP contribution in [-0.2, 0) is 11.3 Å². The Hall–Kier alpha value is -3.80. The summed E-state index contributed by atoms with van der Waals surface area (Å²) in [5, 5.41) is 14.0. The number of hydrogen-bond donors (Lipinski definition) is 0. The third-order valence-electron chi connectivity index (χ3n) is 4.35. The summed E-state index contributed by atoms with van der Waals surface area (Å²) in [6.45, 7) is -0.0732. The molecule has 0 bridgehead atoms. The lowest BCUT2D eigenvalue weighted by molar-refractivity contribution is -0.385. The van der Waals surface area contributed by atoms with Gasteiger partial charge in [-0.3, -0.25) is 10.1 Å². The number of aromatic nitrogens is 1. The van der Waals surface area contributed by atoms with E-state index in [1.54, 1.807) is 6.07 Å². The Bertz CT molecular complexity index is 1190. The molecule has 1 heterocycles. The van der Waals surface area contributed by atoms with Crippen LogP contribution in [0.25, 0.3) is 21.7 Å². The minimum absolute atomic E-state index is 0.0732. The molecule has 0 radical (unpaired) electrons. The molecule has 0 unspecified atom stereocenters. The van der Waals surface area contributed by atoms with Gasteiger partial charge < -0.3 is 4.74 Å². The van der Waals surface area contributed by atoms with E-state index in [0.29, 0.717) is 5.69 Å². The van der Waals surface area contributed by atoms with Crippen LogP contribution in [0.1, 0.15) is 16.1 Å². The summed E-state index contributed by atoms with van der Waals surface area (Å²) >= 11 is 0. The topological polar surface area (TPSA) is 82.3 Å². The van der Waals surface area contributed by atoms with Crippen LogP contribution in [0.4, 0.5) is 5.69 Å². The molecule has 4 aromatic rings. The van der Waals surface area contributed by atoms with Crippen LogP contribution in [0, 0.1) is 10.1 Å². The maximum atomic E-state index is 12.4. The zero-order chi connectivity index (χ0) is 18.8. The molecule has 0 saturated heterocycles. The zero-order valence-corrected chi connectivity index (χ0v) is 14.2. The lowest BCUT2D eigenvalue weighted by atomic mass is 10.0. The molecular formula is C21H14N2O4. The second-order valence-electron chi connectivity index (χ2n) is 5.97. The van der Waals surface area contributed by atoms with E-state index >= 15 is 0 Å². The number of esters is 1. The number of carbonyl (C=O) groups is 1. The van der Waals surface area contributed by atoms with Gasteiger partial charge in [0.1, 0.15) is 12.2 Å². The van der Waals surface area contributed by atoms with Crippen molar-refractivity contribution in [2.45, 2.75) is 6.61 Å². The first-order valence-electron chi connectivity index (χ1n) is 8.32. The molecule has 27 heavy (non-hydrogen) atoms. The van der Waals surface area contributed by atoms with E-state index in [-0.39, 0.29) is 17.9 Å². The molecule has 0 N–H and O–H groups in total. The number of nitro groups is 1. The van der Waals surface area contributed by atoms with Crippen LogP contribution < -0.4 is 0 Å². The molecule has 6 nitrogen and oxygen atoms in total. The minimum Gasteiger partial charge on any atom is -0.455 e. The number of pyridine rings is 1. The van der Waals surface area contributed by atoms with E-state index in [9.17, 15) is 14.9 Å². The van der Waals surface area contributed by atoms with Crippen molar-refractivity contribution in [1.82, 2.24) is 4.98 Å². The molecule has 0 spiro atoms. The lowest BCUT2D eigenvalue weighted by Gasteiger charge is -2.10. The highest BCUT2D eigenvalue weighted by molar-refractivity contribution is 6.06. The first-order valence-corrected chi connectivity index (χ1v) is 8.32. The summed E-state index contributed by atoms with van der Waals surface area (Å²) in [6.07, 6.45) is 0. The molecule has 4 rings (SSSR count). The number of nitro benzene ring substituents is 1. The second-order valence-corrected chi connectivity index (χ2v) is 5.97. The number of nitrogens with zero attached hydrogens (tertiary/aromatic N) is 2. The fourth-order valence-corrected chi connectivity index (χ4v) is 3.10. The highest BCUT2D eigenvalue weighted by Gasteiger charge is 2.21. The van der Waals surface area contributed by atoms with E-state index in [0.717, 1.165) is 21.7 Å². The number of carbonyl (C=O) groups excluding carboxylic acids is 1. The zero-order valence-electron chi connectivity index (χ0n) is 14.2. The van der Waals surface area contributed by atoms with Gasteiger partial charge in [0.15, 0.2) is 0 Å². The summed E-state index contributed by atoms with van der Waals surface area (Å²) in [5.74, 6) is -0.749. The maximum Gasteiger partial charge on any atom is 0.345 e. The molecule has 0 saturated carbocycles. The van der Waals surface area contributed by atoms with Crippen molar-refractivity contribution in [2.24, 2.45) is 0 Å². The molecule has 3 aromatic carbocycles. The largest absolute Gasteiger partial charge is 0.455 e. The van der Waals surface area contributed by atoms with Crippen molar-refractivity contribution >= 4 is 33.3 Å². The smallest absolute Gasteiger partial charge is 0.345 e. The standard InChI is InChI=1S/C21H14N2O4/c24-21(17-10-4-6-12-20(17)23(25)26)27-13-19-16-9-2-1-7-14(16)15-8-3-5-11-18(15)22-19/h1-12H,13H2. The SMILES string of the molecule is O=C(OCc1nc2ccccc2c2ccccc12)c1ccccc1[N+](=O)[O-]. The Morgan fingerprint density at radius 1 is 0.889 bits per heavy atom. The van der Waals surface area contributed by atoms with Gasteiger partial charge in [0, 0.05) is 16.8 Å². The molecule has 0 aliphatic rings. The van der Waals surface area contributed by atoms with E-state index in [1.807, 2.05) is 48.5 Å². The predicted molar refractivity (Wildman–Crippen MR) is 101 cm³/mol. The van der Waals surface area contributed by atoms with Crippen molar-refractivity contribution < 1.29 is 14.5 Å². The normalized spacial score (nSPS) is 10.8. The van der Waals surface area contributed by atoms with E-state index in [4.69, 9.17) is 4.74 Å². The number of para-hydroxylation sites is 2. The maximum absolute atomic E-state index is 12.4. The summed E-state index contributed by atoms with van der Waals surface area (Å²) in [4.78, 5) is 27.5. The summed E-state index contributed by atoms with van der Waals surface area (Å²) in [7, 11) is 0. The van der Waals surface area contributed by atoms with Crippen LogP contribution >= 0.6 is 0 Å². The van der Waals surface area contributed by atoms with E-state index in [2.05, 4.69) is 4.98 Å². The van der Waals surface area contributed by atoms with Gasteiger partial charge in [0.25, 0.3) is 5.69 Å². The third kappa shape index (κ3) is 3.08. The van der Waals surface area contributed by atoms with Gasteiger partial charge in [-0.25, -0.2) is 9.78 Å². The molecule has 0 aliphatic carbocycles. The number of fused-ring (bicyclic) bond motifs is 3. The van der Waals surface area contributed by atoms with Gasteiger partial charge in [-0.2, -0.15) is 0 Å². The Balaban J connectivity index is 1.70. The lowest BCUT2D eigenvalue weighted by Crippen LogP contribution is -2.09. The van der Waals surface area contributed by atoms with E-state index in [1.165, 1.54) is 18.2 Å². The average Bonchev–Trinajstić information content (AvgIpc) is 2.71. The fraction of sp³-hybridized carbons (Fsp3) is 0.0476. The van der Waals surface area contributed by atoms with E-state index < -0.39 is 10.9 Å². The van der Waals surface area contributed by atoms with Crippen LogP contribution in [0.3, 0.4) is 0 Å². The predicted octanol–water partition coefficient (Wildman–Crippen LogP) is 4.65. The molecule has 0 atom stereocenters. The number of hydrogen-bond acceptors (Lipinski definition) is 5. The molecule has 0 fully saturated rings. The summed E-state index contributed by atoms with van der Waals surface area (Å²) in [6, 6.07) is 21.2. The molecule has 6 heteroatoms. The summed E-state index contributed by atoms with van der Waals surface area (Å²) in [5.41, 5.74) is 1.05. The quantitative estimate of drug-likeness (QED) is 0.229. The van der Waals surface area contributed by atoms with Crippen LogP contribution in [0.15, 0.2) is 72.8 Å². The van der Waals surface area contributed by atoms with Crippen LogP contribution in [0.2, 0.25) is 0 Å². The van der Waals surface area contributed by atoms with Gasteiger partial charge in [0.2, 0.25) is 0 Å². The number of rotatable bonds is 4. The Morgan fingerprint density at radius 2 is 1.52 bits per heavy atom. The Labute approximate surface area is 154 Å². The second kappa shape index (κ2) is 6.84. The Morgan fingerprint density at radius 3 is 2.30 bits per heavy atom. The van der Waals surface area contributed by atoms with Gasteiger partial charge in [-0.1, -0.05) is 54.6 Å². The Kier molecular flexibility index (Phi) is 4.22. The van der Waals surface area contributed by atoms with Crippen molar-refractivity contribution in [2.75, 3.05) is 0 Å². The third-order valence-corrected chi connectivity index (χ3v) is 4.35. The van der Waals surface area contributed by atoms with Gasteiger partial charge in [0.05, 0.1) is 16.1 Å². The van der Waals surface area contributed by atoms with Crippen molar-refractivity contribution in [3.05, 3.63) is 94.2 Å². The monoisotopic (exact) mass is 358 g/mol. The van der Waals surface area contributed by atoms with Crippen LogP contribution in [-0.4, -0.2) is 15.9 Å². The average molecular weight is 358 g/mol. The van der Waals surface area contributed by atoms with Crippen molar-refractivity contribution in [3.63, 3.8) is 0 Å². The van der Waals surface area contributed by atoms with Gasteiger partial charge in [-0.15, -0.1) is 0 Å². The highest BCUT2D eigenvalue weighted by Crippen LogP contribution is 2.27. The summed E-state index contributed by atoms with van der Waals surface area (Å²) < 4.78 is 5.36. The fourth-order valence-electron chi connectivity index (χ4n) is 3.10. The highest BCUT2D eigenvalue weighted by atomic mass is 16.6. The molecular weight excluding hydrogens is 344 g/mol. The molecule has 1 aromatic heterocycles. The van der Waals surface area contributed by atoms with Gasteiger partial charge >= 0.3 is 5.97 Å². The van der Waals surface area contributed by atoms with Crippen LogP contribution in [0.5, 0.6) is 0 Å². The number of ether oxygens (including phenoxy) is 1. The molecule has 0 aliphatic heterocycles. The van der Waals surface area contributed by atoms with Crippen molar-refractivity contribution in [3.8, 4) is 0 Å².